The maximum absolute atomic E-state index is 12.2. The second kappa shape index (κ2) is 8.62. The Morgan fingerprint density at radius 1 is 1.20 bits per heavy atom. The number of nitrogens with one attached hydrogen (secondary N) is 2. The molecule has 2 fully saturated rings. The number of hydrogen-bond donors (Lipinski definition) is 2. The molecule has 1 aliphatic carbocycles. The Morgan fingerprint density at radius 3 is 2.64 bits per heavy atom. The van der Waals surface area contributed by atoms with Crippen LogP contribution in [-0.4, -0.2) is 66.0 Å². The van der Waals surface area contributed by atoms with Gasteiger partial charge in [-0.05, 0) is 19.8 Å². The third kappa shape index (κ3) is 4.92. The highest BCUT2D eigenvalue weighted by atomic mass is 16.5. The highest BCUT2D eigenvalue weighted by molar-refractivity contribution is 5.73. The van der Waals surface area contributed by atoms with Gasteiger partial charge in [-0.15, -0.1) is 0 Å². The molecule has 3 rings (SSSR count). The van der Waals surface area contributed by atoms with E-state index < -0.39 is 0 Å². The van der Waals surface area contributed by atoms with Crippen molar-refractivity contribution in [1.29, 1.82) is 0 Å². The molecule has 0 radical (unpaired) electrons. The first-order chi connectivity index (χ1) is 12.2. The standard InChI is InChI=1S/C17H29N5O3/c1-14-20-15(25-21-14)5-8-18-16(23)19-13-17(6-3-2-4-7-17)22-9-11-24-12-10-22/h2-13H2,1H3,(H2,18,19,23). The molecule has 25 heavy (non-hydrogen) atoms. The lowest BCUT2D eigenvalue weighted by Crippen LogP contribution is -2.60. The lowest BCUT2D eigenvalue weighted by atomic mass is 9.80. The van der Waals surface area contributed by atoms with Crippen molar-refractivity contribution in [2.45, 2.75) is 51.0 Å². The minimum Gasteiger partial charge on any atom is -0.379 e. The summed E-state index contributed by atoms with van der Waals surface area (Å²) in [5.41, 5.74) is 0.0863. The van der Waals surface area contributed by atoms with Crippen LogP contribution in [0.3, 0.4) is 0 Å². The molecule has 0 atom stereocenters. The van der Waals surface area contributed by atoms with E-state index in [9.17, 15) is 4.79 Å². The fourth-order valence-corrected chi connectivity index (χ4v) is 3.88. The quantitative estimate of drug-likeness (QED) is 0.801. The van der Waals surface area contributed by atoms with Gasteiger partial charge in [0.2, 0.25) is 5.89 Å². The predicted octanol–water partition coefficient (Wildman–Crippen LogP) is 1.25. The average Bonchev–Trinajstić information content (AvgIpc) is 3.07. The monoisotopic (exact) mass is 351 g/mol. The van der Waals surface area contributed by atoms with Crippen molar-refractivity contribution >= 4 is 6.03 Å². The van der Waals surface area contributed by atoms with Crippen LogP contribution < -0.4 is 10.6 Å². The third-order valence-electron chi connectivity index (χ3n) is 5.24. The Labute approximate surface area is 148 Å². The van der Waals surface area contributed by atoms with Gasteiger partial charge in [-0.2, -0.15) is 4.98 Å². The predicted molar refractivity (Wildman–Crippen MR) is 92.3 cm³/mol. The second-order valence-corrected chi connectivity index (χ2v) is 6.98. The Balaban J connectivity index is 1.45. The van der Waals surface area contributed by atoms with E-state index in [4.69, 9.17) is 9.26 Å². The molecule has 1 saturated heterocycles. The molecular weight excluding hydrogens is 322 g/mol. The molecule has 1 saturated carbocycles. The zero-order chi connectivity index (χ0) is 17.5. The van der Waals surface area contributed by atoms with Gasteiger partial charge in [0.25, 0.3) is 0 Å². The molecule has 2 N–H and O–H groups in total. The van der Waals surface area contributed by atoms with Gasteiger partial charge in [0.1, 0.15) is 0 Å². The minimum atomic E-state index is -0.130. The molecule has 0 unspecified atom stereocenters. The van der Waals surface area contributed by atoms with Crippen molar-refractivity contribution in [1.82, 2.24) is 25.7 Å². The zero-order valence-electron chi connectivity index (χ0n) is 15.1. The summed E-state index contributed by atoms with van der Waals surface area (Å²) in [4.78, 5) is 18.8. The van der Waals surface area contributed by atoms with Crippen LogP contribution in [0.4, 0.5) is 4.79 Å². The maximum atomic E-state index is 12.2. The van der Waals surface area contributed by atoms with Gasteiger partial charge in [0.15, 0.2) is 5.82 Å². The molecule has 140 valence electrons. The number of carbonyl (C=O) groups excluding carboxylic acids is 1. The van der Waals surface area contributed by atoms with Gasteiger partial charge < -0.3 is 19.9 Å². The van der Waals surface area contributed by atoms with Gasteiger partial charge in [-0.1, -0.05) is 24.4 Å². The first kappa shape index (κ1) is 18.1. The van der Waals surface area contributed by atoms with Crippen LogP contribution in [0.25, 0.3) is 0 Å². The second-order valence-electron chi connectivity index (χ2n) is 6.98. The fourth-order valence-electron chi connectivity index (χ4n) is 3.88. The third-order valence-corrected chi connectivity index (χ3v) is 5.24. The molecule has 2 heterocycles. The normalized spacial score (nSPS) is 21.0. The highest BCUT2D eigenvalue weighted by Gasteiger charge is 2.38. The molecule has 0 bridgehead atoms. The molecule has 8 nitrogen and oxygen atoms in total. The van der Waals surface area contributed by atoms with Gasteiger partial charge in [0, 0.05) is 38.1 Å². The van der Waals surface area contributed by atoms with Crippen LogP contribution in [0.15, 0.2) is 4.52 Å². The minimum absolute atomic E-state index is 0.0863. The molecule has 1 aromatic rings. The molecule has 2 amide bonds. The van der Waals surface area contributed by atoms with Crippen LogP contribution in [-0.2, 0) is 11.2 Å². The average molecular weight is 351 g/mol. The topological polar surface area (TPSA) is 92.5 Å². The maximum Gasteiger partial charge on any atom is 0.314 e. The summed E-state index contributed by atoms with van der Waals surface area (Å²) in [6.45, 7) is 6.45. The molecule has 0 aromatic carbocycles. The largest absolute Gasteiger partial charge is 0.379 e. The van der Waals surface area contributed by atoms with Crippen LogP contribution >= 0.6 is 0 Å². The van der Waals surface area contributed by atoms with E-state index in [0.29, 0.717) is 31.2 Å². The SMILES string of the molecule is Cc1noc(CCNC(=O)NCC2(N3CCOCC3)CCCCC2)n1. The number of amides is 2. The van der Waals surface area contributed by atoms with E-state index in [1.165, 1.54) is 19.3 Å². The van der Waals surface area contributed by atoms with E-state index in [1.54, 1.807) is 6.92 Å². The number of morpholine rings is 1. The van der Waals surface area contributed by atoms with Crippen LogP contribution in [0.2, 0.25) is 0 Å². The van der Waals surface area contributed by atoms with Gasteiger partial charge in [-0.3, -0.25) is 4.90 Å². The van der Waals surface area contributed by atoms with E-state index in [0.717, 1.165) is 39.1 Å². The molecule has 2 aliphatic rings. The number of rotatable bonds is 6. The Morgan fingerprint density at radius 2 is 1.96 bits per heavy atom. The van der Waals surface area contributed by atoms with E-state index in [-0.39, 0.29) is 11.6 Å². The fraction of sp³-hybridized carbons (Fsp3) is 0.824. The first-order valence-corrected chi connectivity index (χ1v) is 9.32. The summed E-state index contributed by atoms with van der Waals surface area (Å²) in [5, 5.41) is 9.70. The van der Waals surface area contributed by atoms with Crippen LogP contribution in [0, 0.1) is 6.92 Å². The number of aryl methyl sites for hydroxylation is 1. The molecule has 8 heteroatoms. The summed E-state index contributed by atoms with van der Waals surface area (Å²) in [5.74, 6) is 1.17. The first-order valence-electron chi connectivity index (χ1n) is 9.32. The van der Waals surface area contributed by atoms with Gasteiger partial charge in [0.05, 0.1) is 13.2 Å². The Hall–Kier alpha value is -1.67. The lowest BCUT2D eigenvalue weighted by molar-refractivity contribution is -0.0357. The Kier molecular flexibility index (Phi) is 6.25. The van der Waals surface area contributed by atoms with Crippen molar-refractivity contribution in [3.8, 4) is 0 Å². The zero-order valence-corrected chi connectivity index (χ0v) is 15.1. The molecule has 1 aromatic heterocycles. The van der Waals surface area contributed by atoms with Crippen molar-refractivity contribution in [2.75, 3.05) is 39.4 Å². The smallest absolute Gasteiger partial charge is 0.314 e. The van der Waals surface area contributed by atoms with Crippen molar-refractivity contribution in [3.63, 3.8) is 0 Å². The molecule has 1 aliphatic heterocycles. The number of ether oxygens (including phenoxy) is 1. The van der Waals surface area contributed by atoms with Crippen molar-refractivity contribution in [3.05, 3.63) is 11.7 Å². The number of carbonyl (C=O) groups is 1. The van der Waals surface area contributed by atoms with Crippen molar-refractivity contribution in [2.24, 2.45) is 0 Å². The number of nitrogens with zero attached hydrogens (tertiary/aromatic N) is 3. The van der Waals surface area contributed by atoms with Gasteiger partial charge >= 0.3 is 6.03 Å². The van der Waals surface area contributed by atoms with Gasteiger partial charge in [-0.25, -0.2) is 4.79 Å². The summed E-state index contributed by atoms with van der Waals surface area (Å²) in [6, 6.07) is -0.130. The Bertz CT molecular complexity index is 550. The number of aromatic nitrogens is 2. The van der Waals surface area contributed by atoms with Crippen LogP contribution in [0.5, 0.6) is 0 Å². The van der Waals surface area contributed by atoms with E-state index in [2.05, 4.69) is 25.7 Å². The van der Waals surface area contributed by atoms with E-state index >= 15 is 0 Å². The van der Waals surface area contributed by atoms with Crippen molar-refractivity contribution < 1.29 is 14.1 Å². The van der Waals surface area contributed by atoms with Crippen LogP contribution in [0.1, 0.15) is 43.8 Å². The number of urea groups is 1. The van der Waals surface area contributed by atoms with E-state index in [1.807, 2.05) is 0 Å². The summed E-state index contributed by atoms with van der Waals surface area (Å²) in [7, 11) is 0. The summed E-state index contributed by atoms with van der Waals surface area (Å²) >= 11 is 0. The lowest BCUT2D eigenvalue weighted by Gasteiger charge is -2.48. The molecular formula is C17H29N5O3. The number of hydrogen-bond acceptors (Lipinski definition) is 6. The summed E-state index contributed by atoms with van der Waals surface area (Å²) in [6.07, 6.45) is 6.60. The molecule has 0 spiro atoms. The highest BCUT2D eigenvalue weighted by Crippen LogP contribution is 2.33. The summed E-state index contributed by atoms with van der Waals surface area (Å²) < 4.78 is 10.5.